The van der Waals surface area contributed by atoms with E-state index in [1.54, 1.807) is 18.5 Å². The van der Waals surface area contributed by atoms with Gasteiger partial charge in [-0.25, -0.2) is 13.8 Å². The molecule has 1 saturated carbocycles. The highest BCUT2D eigenvalue weighted by Gasteiger charge is 2.44. The van der Waals surface area contributed by atoms with Gasteiger partial charge in [0.05, 0.1) is 37.6 Å². The van der Waals surface area contributed by atoms with Crippen LogP contribution in [0.4, 0.5) is 14.5 Å². The van der Waals surface area contributed by atoms with Gasteiger partial charge < -0.3 is 15.0 Å². The Kier molecular flexibility index (Phi) is 6.07. The third-order valence-electron chi connectivity index (χ3n) is 5.53. The maximum Gasteiger partial charge on any atom is 0.282 e. The molecule has 6 nitrogen and oxygen atoms in total. The topological polar surface area (TPSA) is 67.4 Å². The van der Waals surface area contributed by atoms with E-state index in [0.29, 0.717) is 29.9 Å². The first-order valence-electron chi connectivity index (χ1n) is 10.8. The summed E-state index contributed by atoms with van der Waals surface area (Å²) in [6.45, 7) is 3.99. The molecule has 2 aliphatic rings. The number of hydrogen-bond acceptors (Lipinski definition) is 5. The van der Waals surface area contributed by atoms with Gasteiger partial charge in [0.2, 0.25) is 0 Å². The number of carbonyl (C=O) groups excluding carboxylic acids is 1. The standard InChI is InChI=1S/C23H28F2N4O2/c1-15(2)8-19(17-4-3-7-26-10-17)28-22(30)21-20(31-12-16-5-6-16)9-18(11-27-21)29-13-23(24,25)14-29/h3-4,7,9-11,15-16,19H,5-6,8,12-14H2,1-2H3,(H,28,30). The van der Waals surface area contributed by atoms with Crippen molar-refractivity contribution in [2.24, 2.45) is 11.8 Å². The second-order valence-electron chi connectivity index (χ2n) is 8.95. The third kappa shape index (κ3) is 5.48. The number of amides is 1. The average molecular weight is 430 g/mol. The van der Waals surface area contributed by atoms with Gasteiger partial charge in [-0.2, -0.15) is 0 Å². The van der Waals surface area contributed by atoms with Crippen LogP contribution in [-0.2, 0) is 0 Å². The molecule has 166 valence electrons. The molecule has 1 aliphatic carbocycles. The van der Waals surface area contributed by atoms with Gasteiger partial charge in [0.1, 0.15) is 0 Å². The number of alkyl halides is 2. The van der Waals surface area contributed by atoms with Crippen molar-refractivity contribution in [2.45, 2.75) is 45.1 Å². The van der Waals surface area contributed by atoms with E-state index in [1.165, 1.54) is 11.1 Å². The lowest BCUT2D eigenvalue weighted by atomic mass is 9.98. The first kappa shape index (κ1) is 21.5. The third-order valence-corrected chi connectivity index (χ3v) is 5.53. The van der Waals surface area contributed by atoms with Crippen molar-refractivity contribution in [2.75, 3.05) is 24.6 Å². The van der Waals surface area contributed by atoms with Gasteiger partial charge in [0.15, 0.2) is 11.4 Å². The Morgan fingerprint density at radius 1 is 1.32 bits per heavy atom. The van der Waals surface area contributed by atoms with Crippen LogP contribution in [0.1, 0.15) is 55.2 Å². The predicted molar refractivity (Wildman–Crippen MR) is 114 cm³/mol. The van der Waals surface area contributed by atoms with Crippen LogP contribution in [0.25, 0.3) is 0 Å². The van der Waals surface area contributed by atoms with Crippen molar-refractivity contribution in [1.29, 1.82) is 0 Å². The average Bonchev–Trinajstić information content (AvgIpc) is 3.54. The highest BCUT2D eigenvalue weighted by molar-refractivity contribution is 5.95. The van der Waals surface area contributed by atoms with E-state index in [9.17, 15) is 13.6 Å². The molecular formula is C23H28F2N4O2. The Balaban J connectivity index is 1.54. The molecule has 0 bridgehead atoms. The fraction of sp³-hybridized carbons (Fsp3) is 0.522. The summed E-state index contributed by atoms with van der Waals surface area (Å²) in [7, 11) is 0. The Bertz CT molecular complexity index is 911. The minimum atomic E-state index is -2.68. The summed E-state index contributed by atoms with van der Waals surface area (Å²) in [4.78, 5) is 23.2. The smallest absolute Gasteiger partial charge is 0.282 e. The minimum Gasteiger partial charge on any atom is -0.491 e. The maximum absolute atomic E-state index is 13.3. The van der Waals surface area contributed by atoms with Crippen molar-refractivity contribution >= 4 is 11.6 Å². The van der Waals surface area contributed by atoms with Gasteiger partial charge in [0, 0.05) is 18.5 Å². The van der Waals surface area contributed by atoms with E-state index < -0.39 is 5.92 Å². The number of carbonyl (C=O) groups is 1. The number of halogens is 2. The first-order valence-corrected chi connectivity index (χ1v) is 10.8. The molecule has 1 saturated heterocycles. The molecular weight excluding hydrogens is 402 g/mol. The number of hydrogen-bond donors (Lipinski definition) is 1. The number of ether oxygens (including phenoxy) is 1. The largest absolute Gasteiger partial charge is 0.491 e. The molecule has 31 heavy (non-hydrogen) atoms. The molecule has 0 radical (unpaired) electrons. The summed E-state index contributed by atoms with van der Waals surface area (Å²) in [5.74, 6) is -1.84. The Morgan fingerprint density at radius 3 is 2.71 bits per heavy atom. The molecule has 2 aromatic heterocycles. The molecule has 2 fully saturated rings. The van der Waals surface area contributed by atoms with E-state index >= 15 is 0 Å². The number of pyridine rings is 2. The van der Waals surface area contributed by atoms with Crippen molar-refractivity contribution in [3.05, 3.63) is 48.0 Å². The summed E-state index contributed by atoms with van der Waals surface area (Å²) < 4.78 is 32.5. The lowest BCUT2D eigenvalue weighted by Gasteiger charge is -2.40. The Morgan fingerprint density at radius 2 is 2.10 bits per heavy atom. The van der Waals surface area contributed by atoms with Gasteiger partial charge >= 0.3 is 0 Å². The van der Waals surface area contributed by atoms with E-state index in [-0.39, 0.29) is 30.7 Å². The maximum atomic E-state index is 13.3. The molecule has 4 rings (SSSR count). The summed E-state index contributed by atoms with van der Waals surface area (Å²) in [5, 5.41) is 3.06. The van der Waals surface area contributed by atoms with Gasteiger partial charge in [-0.05, 0) is 42.7 Å². The first-order chi connectivity index (χ1) is 14.8. The lowest BCUT2D eigenvalue weighted by molar-refractivity contribution is -0.0263. The molecule has 1 N–H and O–H groups in total. The minimum absolute atomic E-state index is 0.175. The molecule has 1 unspecified atom stereocenters. The quantitative estimate of drug-likeness (QED) is 0.645. The molecule has 2 aromatic rings. The van der Waals surface area contributed by atoms with Crippen LogP contribution in [-0.4, -0.2) is 41.5 Å². The fourth-order valence-corrected chi connectivity index (χ4v) is 3.63. The highest BCUT2D eigenvalue weighted by Crippen LogP contribution is 2.35. The zero-order chi connectivity index (χ0) is 22.0. The Hall–Kier alpha value is -2.77. The van der Waals surface area contributed by atoms with E-state index in [0.717, 1.165) is 24.8 Å². The van der Waals surface area contributed by atoms with Crippen LogP contribution < -0.4 is 15.0 Å². The second-order valence-corrected chi connectivity index (χ2v) is 8.95. The summed E-state index contributed by atoms with van der Waals surface area (Å²) in [6, 6.07) is 5.22. The van der Waals surface area contributed by atoms with Gasteiger partial charge in [0.25, 0.3) is 11.8 Å². The van der Waals surface area contributed by atoms with Gasteiger partial charge in [-0.1, -0.05) is 19.9 Å². The molecule has 0 spiro atoms. The SMILES string of the molecule is CC(C)CC(NC(=O)c1ncc(N2CC(F)(F)C2)cc1OCC1CC1)c1cccnc1. The summed E-state index contributed by atoms with van der Waals surface area (Å²) in [5.41, 5.74) is 1.64. The summed E-state index contributed by atoms with van der Waals surface area (Å²) in [6.07, 6.45) is 7.86. The van der Waals surface area contributed by atoms with Crippen LogP contribution in [0.5, 0.6) is 5.75 Å². The highest BCUT2D eigenvalue weighted by atomic mass is 19.3. The predicted octanol–water partition coefficient (Wildman–Crippen LogP) is 4.24. The number of aromatic nitrogens is 2. The molecule has 1 aliphatic heterocycles. The zero-order valence-corrected chi connectivity index (χ0v) is 17.9. The van der Waals surface area contributed by atoms with Crippen LogP contribution in [0.2, 0.25) is 0 Å². The van der Waals surface area contributed by atoms with Crippen molar-refractivity contribution in [3.63, 3.8) is 0 Å². The molecule has 8 heteroatoms. The van der Waals surface area contributed by atoms with E-state index in [1.807, 2.05) is 12.1 Å². The summed E-state index contributed by atoms with van der Waals surface area (Å²) >= 11 is 0. The number of rotatable bonds is 9. The second kappa shape index (κ2) is 8.77. The number of nitrogens with zero attached hydrogens (tertiary/aromatic N) is 3. The van der Waals surface area contributed by atoms with Gasteiger partial charge in [-0.3, -0.25) is 9.78 Å². The fourth-order valence-electron chi connectivity index (χ4n) is 3.63. The molecule has 1 atom stereocenters. The number of anilines is 1. The Labute approximate surface area is 181 Å². The molecule has 0 aromatic carbocycles. The van der Waals surface area contributed by atoms with Crippen LogP contribution >= 0.6 is 0 Å². The normalized spacial score (nSPS) is 18.4. The van der Waals surface area contributed by atoms with Crippen LogP contribution in [0.3, 0.4) is 0 Å². The lowest BCUT2D eigenvalue weighted by Crippen LogP contribution is -2.56. The van der Waals surface area contributed by atoms with Gasteiger partial charge in [-0.15, -0.1) is 0 Å². The van der Waals surface area contributed by atoms with Crippen LogP contribution in [0.15, 0.2) is 36.8 Å². The zero-order valence-electron chi connectivity index (χ0n) is 17.9. The van der Waals surface area contributed by atoms with Crippen molar-refractivity contribution in [3.8, 4) is 5.75 Å². The van der Waals surface area contributed by atoms with E-state index in [4.69, 9.17) is 4.74 Å². The monoisotopic (exact) mass is 430 g/mol. The van der Waals surface area contributed by atoms with Crippen molar-refractivity contribution < 1.29 is 18.3 Å². The van der Waals surface area contributed by atoms with Crippen LogP contribution in [0, 0.1) is 11.8 Å². The number of nitrogens with one attached hydrogen (secondary N) is 1. The van der Waals surface area contributed by atoms with Crippen molar-refractivity contribution in [1.82, 2.24) is 15.3 Å². The molecule has 1 amide bonds. The molecule has 3 heterocycles. The van der Waals surface area contributed by atoms with E-state index in [2.05, 4.69) is 29.1 Å².